The molecule has 0 bridgehead atoms. The number of tetrazole rings is 1. The minimum atomic E-state index is 0.393. The van der Waals surface area contributed by atoms with Crippen LogP contribution in [-0.4, -0.2) is 20.2 Å². The van der Waals surface area contributed by atoms with Crippen LogP contribution in [0.25, 0.3) is 0 Å². The molecule has 0 aliphatic heterocycles. The molecule has 1 aromatic rings. The van der Waals surface area contributed by atoms with Crippen molar-refractivity contribution in [1.82, 2.24) is 20.2 Å². The van der Waals surface area contributed by atoms with Crippen LogP contribution in [0.5, 0.6) is 0 Å². The molecule has 1 aromatic heterocycles. The van der Waals surface area contributed by atoms with Crippen LogP contribution in [0.4, 0.5) is 0 Å². The number of hydrogen-bond acceptors (Lipinski definition) is 3. The molecule has 84 valence electrons. The maximum atomic E-state index is 5.80. The van der Waals surface area contributed by atoms with E-state index >= 15 is 0 Å². The maximum Gasteiger partial charge on any atom is 0.166 e. The highest BCUT2D eigenvalue weighted by molar-refractivity contribution is 6.16. The molecule has 0 amide bonds. The Bertz CT molecular complexity index is 334. The van der Waals surface area contributed by atoms with Crippen molar-refractivity contribution in [3.8, 4) is 0 Å². The van der Waals surface area contributed by atoms with Crippen LogP contribution in [0.1, 0.15) is 51.4 Å². The Labute approximate surface area is 95.0 Å². The Morgan fingerprint density at radius 1 is 1.53 bits per heavy atom. The summed E-state index contributed by atoms with van der Waals surface area (Å²) in [5.41, 5.74) is 0.401. The molecule has 0 N–H and O–H groups in total. The molecule has 1 heterocycles. The highest BCUT2D eigenvalue weighted by Crippen LogP contribution is 2.40. The zero-order valence-electron chi connectivity index (χ0n) is 9.28. The number of alkyl halides is 1. The second kappa shape index (κ2) is 4.08. The van der Waals surface area contributed by atoms with Crippen LogP contribution in [0, 0.1) is 5.41 Å². The van der Waals surface area contributed by atoms with E-state index in [2.05, 4.69) is 29.4 Å². The van der Waals surface area contributed by atoms with Gasteiger partial charge in [0.25, 0.3) is 0 Å². The number of hydrogen-bond donors (Lipinski definition) is 0. The summed E-state index contributed by atoms with van der Waals surface area (Å²) >= 11 is 5.80. The van der Waals surface area contributed by atoms with Gasteiger partial charge < -0.3 is 0 Å². The van der Waals surface area contributed by atoms with E-state index in [9.17, 15) is 0 Å². The van der Waals surface area contributed by atoms with Gasteiger partial charge in [-0.2, -0.15) is 0 Å². The first-order chi connectivity index (χ1) is 7.12. The van der Waals surface area contributed by atoms with Crippen LogP contribution in [-0.2, 0) is 5.88 Å². The third-order valence-electron chi connectivity index (χ3n) is 3.21. The lowest BCUT2D eigenvalue weighted by Gasteiger charge is -2.35. The number of aromatic nitrogens is 4. The van der Waals surface area contributed by atoms with Gasteiger partial charge in [-0.25, -0.2) is 4.68 Å². The average molecular weight is 229 g/mol. The van der Waals surface area contributed by atoms with E-state index in [4.69, 9.17) is 11.6 Å². The third-order valence-corrected chi connectivity index (χ3v) is 3.44. The van der Waals surface area contributed by atoms with Crippen molar-refractivity contribution in [3.63, 3.8) is 0 Å². The van der Waals surface area contributed by atoms with Gasteiger partial charge in [0, 0.05) is 0 Å². The molecule has 2 rings (SSSR count). The molecule has 0 radical (unpaired) electrons. The summed E-state index contributed by atoms with van der Waals surface area (Å²) in [6, 6.07) is 0.428. The monoisotopic (exact) mass is 228 g/mol. The summed E-state index contributed by atoms with van der Waals surface area (Å²) in [6.45, 7) is 4.62. The van der Waals surface area contributed by atoms with E-state index in [-0.39, 0.29) is 0 Å². The molecule has 4 nitrogen and oxygen atoms in total. The molecule has 15 heavy (non-hydrogen) atoms. The first-order valence-electron chi connectivity index (χ1n) is 5.45. The minimum absolute atomic E-state index is 0.393. The Balaban J connectivity index is 2.17. The average Bonchev–Trinajstić information content (AvgIpc) is 2.63. The molecule has 1 fully saturated rings. The Kier molecular flexibility index (Phi) is 2.96. The zero-order valence-corrected chi connectivity index (χ0v) is 10.0. The van der Waals surface area contributed by atoms with Gasteiger partial charge in [0.15, 0.2) is 5.82 Å². The normalized spacial score (nSPS) is 25.4. The lowest BCUT2D eigenvalue weighted by molar-refractivity contribution is 0.171. The van der Waals surface area contributed by atoms with E-state index < -0.39 is 0 Å². The summed E-state index contributed by atoms with van der Waals surface area (Å²) < 4.78 is 1.91. The van der Waals surface area contributed by atoms with Gasteiger partial charge in [-0.3, -0.25) is 0 Å². The summed E-state index contributed by atoms with van der Waals surface area (Å²) in [5.74, 6) is 1.18. The molecule has 0 aromatic carbocycles. The predicted octanol–water partition coefficient (Wildman–Crippen LogP) is 2.55. The summed E-state index contributed by atoms with van der Waals surface area (Å²) in [7, 11) is 0. The van der Waals surface area contributed by atoms with Gasteiger partial charge in [0.2, 0.25) is 0 Å². The first-order valence-corrected chi connectivity index (χ1v) is 5.98. The van der Waals surface area contributed by atoms with E-state index in [1.165, 1.54) is 19.3 Å². The largest absolute Gasteiger partial charge is 0.225 e. The minimum Gasteiger partial charge on any atom is -0.225 e. The fourth-order valence-electron chi connectivity index (χ4n) is 2.45. The predicted molar refractivity (Wildman–Crippen MR) is 58.7 cm³/mol. The lowest BCUT2D eigenvalue weighted by Crippen LogP contribution is -2.26. The molecule has 0 saturated heterocycles. The molecule has 1 aliphatic carbocycles. The highest BCUT2D eigenvalue weighted by atomic mass is 35.5. The van der Waals surface area contributed by atoms with E-state index in [0.29, 0.717) is 17.3 Å². The molecule has 0 spiro atoms. The summed E-state index contributed by atoms with van der Waals surface area (Å²) in [4.78, 5) is 0. The Hall–Kier alpha value is -0.640. The molecule has 5 heteroatoms. The van der Waals surface area contributed by atoms with Crippen molar-refractivity contribution in [2.45, 2.75) is 51.5 Å². The van der Waals surface area contributed by atoms with Gasteiger partial charge >= 0.3 is 0 Å². The molecule has 1 saturated carbocycles. The molecule has 1 unspecified atom stereocenters. The Morgan fingerprint density at radius 3 is 3.00 bits per heavy atom. The maximum absolute atomic E-state index is 5.80. The first kappa shape index (κ1) is 10.9. The second-order valence-electron chi connectivity index (χ2n) is 5.09. The van der Waals surface area contributed by atoms with Gasteiger partial charge in [-0.1, -0.05) is 20.3 Å². The quantitative estimate of drug-likeness (QED) is 0.731. The van der Waals surface area contributed by atoms with Crippen molar-refractivity contribution in [2.24, 2.45) is 5.41 Å². The summed E-state index contributed by atoms with van der Waals surface area (Å²) in [5, 5.41) is 11.7. The third kappa shape index (κ3) is 2.30. The SMILES string of the molecule is CC1(C)CCCC(n2nnnc2CCl)C1. The lowest BCUT2D eigenvalue weighted by atomic mass is 9.75. The molecular formula is C10H17ClN4. The number of rotatable bonds is 2. The summed E-state index contributed by atoms with van der Waals surface area (Å²) in [6.07, 6.45) is 4.85. The van der Waals surface area contributed by atoms with Crippen LogP contribution < -0.4 is 0 Å². The van der Waals surface area contributed by atoms with Crippen LogP contribution in [0.15, 0.2) is 0 Å². The van der Waals surface area contributed by atoms with Crippen LogP contribution >= 0.6 is 11.6 Å². The van der Waals surface area contributed by atoms with Gasteiger partial charge in [0.05, 0.1) is 11.9 Å². The van der Waals surface area contributed by atoms with Crippen molar-refractivity contribution < 1.29 is 0 Å². The van der Waals surface area contributed by atoms with Gasteiger partial charge in [-0.15, -0.1) is 16.7 Å². The van der Waals surface area contributed by atoms with E-state index in [0.717, 1.165) is 12.2 Å². The van der Waals surface area contributed by atoms with Gasteiger partial charge in [0.1, 0.15) is 0 Å². The molecule has 1 aliphatic rings. The molecule has 1 atom stereocenters. The number of nitrogens with zero attached hydrogens (tertiary/aromatic N) is 4. The fourth-order valence-corrected chi connectivity index (χ4v) is 2.63. The highest BCUT2D eigenvalue weighted by Gasteiger charge is 2.30. The zero-order chi connectivity index (χ0) is 10.9. The fraction of sp³-hybridized carbons (Fsp3) is 0.900. The number of halogens is 1. The Morgan fingerprint density at radius 2 is 2.33 bits per heavy atom. The van der Waals surface area contributed by atoms with Crippen molar-refractivity contribution in [2.75, 3.05) is 0 Å². The smallest absolute Gasteiger partial charge is 0.166 e. The van der Waals surface area contributed by atoms with Gasteiger partial charge in [-0.05, 0) is 35.1 Å². The van der Waals surface area contributed by atoms with E-state index in [1.807, 2.05) is 4.68 Å². The van der Waals surface area contributed by atoms with Crippen molar-refractivity contribution >= 4 is 11.6 Å². The van der Waals surface area contributed by atoms with E-state index in [1.54, 1.807) is 0 Å². The standard InChI is InChI=1S/C10H17ClN4/c1-10(2)5-3-4-8(6-10)15-9(7-11)12-13-14-15/h8H,3-7H2,1-2H3. The van der Waals surface area contributed by atoms with Crippen LogP contribution in [0.2, 0.25) is 0 Å². The molecular weight excluding hydrogens is 212 g/mol. The van der Waals surface area contributed by atoms with Crippen molar-refractivity contribution in [3.05, 3.63) is 5.82 Å². The van der Waals surface area contributed by atoms with Crippen molar-refractivity contribution in [1.29, 1.82) is 0 Å². The second-order valence-corrected chi connectivity index (χ2v) is 5.35. The topological polar surface area (TPSA) is 43.6 Å². The van der Waals surface area contributed by atoms with Crippen LogP contribution in [0.3, 0.4) is 0 Å².